The maximum absolute atomic E-state index is 11.7. The Labute approximate surface area is 117 Å². The van der Waals surface area contributed by atoms with Crippen molar-refractivity contribution in [3.8, 4) is 0 Å². The number of benzene rings is 1. The Morgan fingerprint density at radius 2 is 2.35 bits per heavy atom. The molecule has 6 nitrogen and oxygen atoms in total. The van der Waals surface area contributed by atoms with Crippen molar-refractivity contribution in [3.05, 3.63) is 42.2 Å². The van der Waals surface area contributed by atoms with Crippen LogP contribution < -0.4 is 11.1 Å². The number of rotatable bonds is 6. The minimum Gasteiger partial charge on any atom is -0.462 e. The van der Waals surface area contributed by atoms with E-state index in [1.807, 2.05) is 16.9 Å². The van der Waals surface area contributed by atoms with E-state index in [0.717, 1.165) is 12.2 Å². The van der Waals surface area contributed by atoms with E-state index >= 15 is 0 Å². The molecule has 0 saturated carbocycles. The number of carbonyl (C=O) groups is 1. The molecule has 0 fully saturated rings. The van der Waals surface area contributed by atoms with E-state index in [1.54, 1.807) is 31.3 Å². The highest BCUT2D eigenvalue weighted by Gasteiger charge is 2.08. The number of aromatic nitrogens is 2. The van der Waals surface area contributed by atoms with Crippen molar-refractivity contribution in [1.29, 1.82) is 0 Å². The predicted octanol–water partition coefficient (Wildman–Crippen LogP) is 1.75. The monoisotopic (exact) mass is 274 g/mol. The van der Waals surface area contributed by atoms with Crippen LogP contribution in [-0.4, -0.2) is 28.9 Å². The fraction of sp³-hybridized carbons (Fsp3) is 0.286. The number of ether oxygens (including phenoxy) is 1. The number of nitrogens with one attached hydrogen (secondary N) is 1. The first-order valence-corrected chi connectivity index (χ1v) is 6.48. The second-order valence-corrected chi connectivity index (χ2v) is 4.22. The van der Waals surface area contributed by atoms with Crippen LogP contribution in [-0.2, 0) is 11.3 Å². The van der Waals surface area contributed by atoms with Crippen molar-refractivity contribution in [2.24, 2.45) is 0 Å². The summed E-state index contributed by atoms with van der Waals surface area (Å²) in [5.74, 6) is -0.345. The first-order valence-electron chi connectivity index (χ1n) is 6.48. The standard InChI is InChI=1S/C14H18N4O2/c1-2-20-14(19)11-4-5-12(15)13(10-11)16-7-9-18-8-3-6-17-18/h3-6,8,10,16H,2,7,9,15H2,1H3. The Hall–Kier alpha value is -2.50. The first-order chi connectivity index (χ1) is 9.70. The summed E-state index contributed by atoms with van der Waals surface area (Å²) in [4.78, 5) is 11.7. The molecule has 0 radical (unpaired) electrons. The fourth-order valence-electron chi connectivity index (χ4n) is 1.79. The Balaban J connectivity index is 1.99. The zero-order valence-corrected chi connectivity index (χ0v) is 11.4. The molecule has 0 bridgehead atoms. The van der Waals surface area contributed by atoms with E-state index in [9.17, 15) is 4.79 Å². The molecule has 0 amide bonds. The molecule has 0 saturated heterocycles. The van der Waals surface area contributed by atoms with Crippen LogP contribution in [0.25, 0.3) is 0 Å². The number of hydrogen-bond acceptors (Lipinski definition) is 5. The number of nitrogens with two attached hydrogens (primary N) is 1. The van der Waals surface area contributed by atoms with Crippen LogP contribution in [0.3, 0.4) is 0 Å². The molecule has 0 aliphatic heterocycles. The molecule has 1 aromatic heterocycles. The largest absolute Gasteiger partial charge is 0.462 e. The topological polar surface area (TPSA) is 82.2 Å². The molecule has 0 aliphatic carbocycles. The van der Waals surface area contributed by atoms with E-state index in [2.05, 4.69) is 10.4 Å². The van der Waals surface area contributed by atoms with Gasteiger partial charge in [-0.15, -0.1) is 0 Å². The number of nitrogens with zero attached hydrogens (tertiary/aromatic N) is 2. The molecule has 0 aliphatic rings. The maximum atomic E-state index is 11.7. The van der Waals surface area contributed by atoms with Crippen molar-refractivity contribution >= 4 is 17.3 Å². The zero-order valence-electron chi connectivity index (χ0n) is 11.4. The number of nitrogen functional groups attached to an aromatic ring is 1. The quantitative estimate of drug-likeness (QED) is 0.619. The van der Waals surface area contributed by atoms with Gasteiger partial charge >= 0.3 is 5.97 Å². The molecule has 2 rings (SSSR count). The van der Waals surface area contributed by atoms with Crippen molar-refractivity contribution in [2.75, 3.05) is 24.2 Å². The van der Waals surface area contributed by atoms with Gasteiger partial charge in [0.1, 0.15) is 0 Å². The summed E-state index contributed by atoms with van der Waals surface area (Å²) in [6.07, 6.45) is 3.62. The van der Waals surface area contributed by atoms with E-state index < -0.39 is 0 Å². The Morgan fingerprint density at radius 3 is 3.05 bits per heavy atom. The van der Waals surface area contributed by atoms with Crippen LogP contribution in [0, 0.1) is 0 Å². The van der Waals surface area contributed by atoms with Crippen molar-refractivity contribution in [1.82, 2.24) is 9.78 Å². The van der Waals surface area contributed by atoms with Crippen molar-refractivity contribution in [3.63, 3.8) is 0 Å². The van der Waals surface area contributed by atoms with Crippen LogP contribution >= 0.6 is 0 Å². The highest BCUT2D eigenvalue weighted by molar-refractivity contribution is 5.92. The van der Waals surface area contributed by atoms with E-state index in [4.69, 9.17) is 10.5 Å². The first kappa shape index (κ1) is 13.9. The second-order valence-electron chi connectivity index (χ2n) is 4.22. The average Bonchev–Trinajstić information content (AvgIpc) is 2.94. The van der Waals surface area contributed by atoms with E-state index in [-0.39, 0.29) is 5.97 Å². The van der Waals surface area contributed by atoms with Crippen molar-refractivity contribution in [2.45, 2.75) is 13.5 Å². The minimum absolute atomic E-state index is 0.345. The molecule has 6 heteroatoms. The average molecular weight is 274 g/mol. The molecule has 1 heterocycles. The number of esters is 1. The lowest BCUT2D eigenvalue weighted by Crippen LogP contribution is -2.13. The summed E-state index contributed by atoms with van der Waals surface area (Å²) < 4.78 is 6.78. The van der Waals surface area contributed by atoms with Crippen LogP contribution in [0.5, 0.6) is 0 Å². The van der Waals surface area contributed by atoms with Gasteiger partial charge in [-0.25, -0.2) is 4.79 Å². The van der Waals surface area contributed by atoms with Crippen LogP contribution in [0.15, 0.2) is 36.7 Å². The maximum Gasteiger partial charge on any atom is 0.338 e. The SMILES string of the molecule is CCOC(=O)c1ccc(N)c(NCCn2cccn2)c1. The highest BCUT2D eigenvalue weighted by Crippen LogP contribution is 2.20. The van der Waals surface area contributed by atoms with E-state index in [1.165, 1.54) is 0 Å². The number of hydrogen-bond donors (Lipinski definition) is 2. The van der Waals surface area contributed by atoms with Gasteiger partial charge in [0.25, 0.3) is 0 Å². The summed E-state index contributed by atoms with van der Waals surface area (Å²) in [6, 6.07) is 6.93. The predicted molar refractivity (Wildman–Crippen MR) is 77.5 cm³/mol. The highest BCUT2D eigenvalue weighted by atomic mass is 16.5. The lowest BCUT2D eigenvalue weighted by Gasteiger charge is -2.11. The third-order valence-corrected chi connectivity index (χ3v) is 2.78. The summed E-state index contributed by atoms with van der Waals surface area (Å²) >= 11 is 0. The molecule has 0 spiro atoms. The van der Waals surface area contributed by atoms with Crippen LogP contribution in [0.4, 0.5) is 11.4 Å². The lowest BCUT2D eigenvalue weighted by molar-refractivity contribution is 0.0526. The Morgan fingerprint density at radius 1 is 1.50 bits per heavy atom. The number of carbonyl (C=O) groups excluding carboxylic acids is 1. The molecule has 20 heavy (non-hydrogen) atoms. The van der Waals surface area contributed by atoms with Crippen LogP contribution in [0.1, 0.15) is 17.3 Å². The van der Waals surface area contributed by atoms with Crippen LogP contribution in [0.2, 0.25) is 0 Å². The molecule has 1 aromatic carbocycles. The van der Waals surface area contributed by atoms with E-state index in [0.29, 0.717) is 24.4 Å². The number of anilines is 2. The smallest absolute Gasteiger partial charge is 0.338 e. The van der Waals surface area contributed by atoms with Gasteiger partial charge in [-0.3, -0.25) is 4.68 Å². The zero-order chi connectivity index (χ0) is 14.4. The van der Waals surface area contributed by atoms with Gasteiger partial charge in [0.15, 0.2) is 0 Å². The summed E-state index contributed by atoms with van der Waals surface area (Å²) in [5, 5.41) is 7.31. The molecule has 3 N–H and O–H groups in total. The van der Waals surface area contributed by atoms with Crippen molar-refractivity contribution < 1.29 is 9.53 Å². The summed E-state index contributed by atoms with van der Waals surface area (Å²) in [7, 11) is 0. The van der Waals surface area contributed by atoms with Gasteiger partial charge in [0.2, 0.25) is 0 Å². The van der Waals surface area contributed by atoms with Gasteiger partial charge in [0, 0.05) is 18.9 Å². The lowest BCUT2D eigenvalue weighted by atomic mass is 10.1. The third kappa shape index (κ3) is 3.50. The molecule has 2 aromatic rings. The Bertz CT molecular complexity index is 567. The molecule has 0 unspecified atom stereocenters. The molecule has 0 atom stereocenters. The van der Waals surface area contributed by atoms with Gasteiger partial charge in [-0.05, 0) is 31.2 Å². The van der Waals surface area contributed by atoms with Gasteiger partial charge in [-0.2, -0.15) is 5.10 Å². The third-order valence-electron chi connectivity index (χ3n) is 2.78. The molecular formula is C14H18N4O2. The molecular weight excluding hydrogens is 256 g/mol. The second kappa shape index (κ2) is 6.60. The molecule has 106 valence electrons. The minimum atomic E-state index is -0.345. The van der Waals surface area contributed by atoms with Gasteiger partial charge in [0.05, 0.1) is 30.1 Å². The summed E-state index contributed by atoms with van der Waals surface area (Å²) in [6.45, 7) is 3.51. The van der Waals surface area contributed by atoms with Gasteiger partial charge in [-0.1, -0.05) is 0 Å². The summed E-state index contributed by atoms with van der Waals surface area (Å²) in [5.41, 5.74) is 7.70. The fourth-order valence-corrected chi connectivity index (χ4v) is 1.79. The van der Waals surface area contributed by atoms with Gasteiger partial charge < -0.3 is 15.8 Å². The normalized spacial score (nSPS) is 10.2. The Kier molecular flexibility index (Phi) is 4.60.